The van der Waals surface area contributed by atoms with Gasteiger partial charge in [0.05, 0.1) is 11.3 Å². The summed E-state index contributed by atoms with van der Waals surface area (Å²) in [6, 6.07) is 5.34. The molecule has 3 aliphatic rings. The molecule has 29 heavy (non-hydrogen) atoms. The van der Waals surface area contributed by atoms with Crippen LogP contribution in [-0.4, -0.2) is 71.6 Å². The van der Waals surface area contributed by atoms with E-state index in [0.29, 0.717) is 16.4 Å². The minimum atomic E-state index is -0.683. The lowest BCUT2D eigenvalue weighted by Gasteiger charge is -2.30. The second kappa shape index (κ2) is 8.01. The third-order valence-corrected chi connectivity index (χ3v) is 6.47. The Hall–Kier alpha value is -2.03. The molecule has 0 bridgehead atoms. The Morgan fingerprint density at radius 3 is 2.62 bits per heavy atom. The summed E-state index contributed by atoms with van der Waals surface area (Å²) in [4.78, 5) is 31.0. The van der Waals surface area contributed by atoms with Crippen molar-refractivity contribution in [1.29, 1.82) is 0 Å². The van der Waals surface area contributed by atoms with Gasteiger partial charge in [-0.1, -0.05) is 0 Å². The Balaban J connectivity index is 1.42. The molecule has 0 aliphatic carbocycles. The molecule has 0 radical (unpaired) electrons. The van der Waals surface area contributed by atoms with E-state index in [2.05, 4.69) is 10.2 Å². The smallest absolute Gasteiger partial charge is 0.338 e. The van der Waals surface area contributed by atoms with Crippen LogP contribution in [0.3, 0.4) is 0 Å². The summed E-state index contributed by atoms with van der Waals surface area (Å²) >= 11 is 5.71. The van der Waals surface area contributed by atoms with Gasteiger partial charge in [0.2, 0.25) is 0 Å². The van der Waals surface area contributed by atoms with Crippen LogP contribution in [0.25, 0.3) is 0 Å². The number of hydrogen-bond acceptors (Lipinski definition) is 6. The molecular weight excluding hydrogens is 388 g/mol. The first kappa shape index (κ1) is 20.3. The van der Waals surface area contributed by atoms with E-state index < -0.39 is 5.54 Å². The predicted molar refractivity (Wildman–Crippen MR) is 115 cm³/mol. The average molecular weight is 417 g/mol. The van der Waals surface area contributed by atoms with Gasteiger partial charge in [0.25, 0.3) is 5.91 Å². The van der Waals surface area contributed by atoms with E-state index in [0.717, 1.165) is 57.7 Å². The fourth-order valence-electron chi connectivity index (χ4n) is 4.24. The lowest BCUT2D eigenvalue weighted by atomic mass is 10.0. The molecule has 1 N–H and O–H groups in total. The first-order chi connectivity index (χ1) is 13.9. The molecule has 2 fully saturated rings. The molecule has 0 spiro atoms. The largest absolute Gasteiger partial charge is 0.457 e. The highest BCUT2D eigenvalue weighted by molar-refractivity contribution is 7.80. The maximum Gasteiger partial charge on any atom is 0.338 e. The highest BCUT2D eigenvalue weighted by Gasteiger charge is 2.49. The Morgan fingerprint density at radius 1 is 1.14 bits per heavy atom. The van der Waals surface area contributed by atoms with Crippen LogP contribution in [0.15, 0.2) is 18.2 Å². The fraction of sp³-hybridized carbons (Fsp3) is 0.571. The minimum absolute atomic E-state index is 0.0326. The van der Waals surface area contributed by atoms with Crippen LogP contribution >= 0.6 is 12.2 Å². The highest BCUT2D eigenvalue weighted by atomic mass is 32.1. The Bertz CT molecular complexity index is 835. The molecule has 4 rings (SSSR count). The Labute approximate surface area is 177 Å². The first-order valence-corrected chi connectivity index (χ1v) is 10.7. The molecule has 0 atom stereocenters. The molecule has 8 heteroatoms. The maximum absolute atomic E-state index is 13.2. The van der Waals surface area contributed by atoms with Gasteiger partial charge in [-0.15, -0.1) is 0 Å². The molecule has 0 unspecified atom stereocenters. The van der Waals surface area contributed by atoms with E-state index in [1.165, 1.54) is 0 Å². The van der Waals surface area contributed by atoms with Gasteiger partial charge in [0.1, 0.15) is 12.1 Å². The van der Waals surface area contributed by atoms with Gasteiger partial charge in [0, 0.05) is 38.3 Å². The molecule has 0 saturated carbocycles. The number of benzene rings is 1. The average Bonchev–Trinajstić information content (AvgIpc) is 3.15. The van der Waals surface area contributed by atoms with Crippen molar-refractivity contribution in [1.82, 2.24) is 15.1 Å². The maximum atomic E-state index is 13.2. The van der Waals surface area contributed by atoms with Crippen molar-refractivity contribution >= 4 is 34.9 Å². The van der Waals surface area contributed by atoms with Gasteiger partial charge in [0.15, 0.2) is 5.11 Å². The second-order valence-corrected chi connectivity index (χ2v) is 8.72. The van der Waals surface area contributed by atoms with Gasteiger partial charge in [-0.25, -0.2) is 4.79 Å². The van der Waals surface area contributed by atoms with Crippen LogP contribution in [0, 0.1) is 0 Å². The quantitative estimate of drug-likeness (QED) is 0.431. The summed E-state index contributed by atoms with van der Waals surface area (Å²) in [5, 5.41) is 3.91. The monoisotopic (exact) mass is 416 g/mol. The number of thiocarbonyl (C=S) groups is 1. The van der Waals surface area contributed by atoms with Crippen molar-refractivity contribution < 1.29 is 14.3 Å². The zero-order chi connectivity index (χ0) is 20.6. The number of fused-ring (bicyclic) bond motifs is 1. The zero-order valence-electron chi connectivity index (χ0n) is 17.1. The van der Waals surface area contributed by atoms with Crippen LogP contribution in [-0.2, 0) is 16.1 Å². The molecule has 3 heterocycles. The van der Waals surface area contributed by atoms with Crippen LogP contribution in [0.1, 0.15) is 42.6 Å². The topological polar surface area (TPSA) is 65.1 Å². The van der Waals surface area contributed by atoms with Crippen LogP contribution in [0.4, 0.5) is 5.69 Å². The lowest BCUT2D eigenvalue weighted by molar-refractivity contribution is -0.123. The molecule has 3 aliphatic heterocycles. The predicted octanol–water partition coefficient (Wildman–Crippen LogP) is 1.75. The number of cyclic esters (lactones) is 1. The molecule has 2 saturated heterocycles. The molecule has 156 valence electrons. The Morgan fingerprint density at radius 2 is 1.86 bits per heavy atom. The van der Waals surface area contributed by atoms with Gasteiger partial charge in [-0.3, -0.25) is 9.69 Å². The first-order valence-electron chi connectivity index (χ1n) is 10.3. The number of nitrogens with one attached hydrogen (secondary N) is 1. The standard InChI is InChI=1S/C21H28N4O3S/c1-21(2)19(27)25(16-5-6-17-15(13-16)14-28-18(17)26)20(29)24(21)10-4-3-9-23-11-7-22-8-12-23/h5-6,13,22H,3-4,7-12,14H2,1-2H3. The number of nitrogens with zero attached hydrogens (tertiary/aromatic N) is 3. The number of rotatable bonds is 6. The van der Waals surface area contributed by atoms with Gasteiger partial charge >= 0.3 is 5.97 Å². The normalized spacial score (nSPS) is 21.7. The van der Waals surface area contributed by atoms with E-state index in [1.807, 2.05) is 24.8 Å². The minimum Gasteiger partial charge on any atom is -0.457 e. The molecule has 1 amide bonds. The summed E-state index contributed by atoms with van der Waals surface area (Å²) in [5.41, 5.74) is 1.39. The van der Waals surface area contributed by atoms with Gasteiger partial charge in [-0.05, 0) is 63.7 Å². The third-order valence-electron chi connectivity index (χ3n) is 6.06. The van der Waals surface area contributed by atoms with Crippen molar-refractivity contribution in [3.63, 3.8) is 0 Å². The second-order valence-electron chi connectivity index (χ2n) is 8.35. The summed E-state index contributed by atoms with van der Waals surface area (Å²) in [5.74, 6) is -0.344. The Kier molecular flexibility index (Phi) is 5.59. The number of carbonyl (C=O) groups excluding carboxylic acids is 2. The van der Waals surface area contributed by atoms with Crippen LogP contribution in [0.5, 0.6) is 0 Å². The van der Waals surface area contributed by atoms with Crippen molar-refractivity contribution in [2.75, 3.05) is 44.2 Å². The summed E-state index contributed by atoms with van der Waals surface area (Å²) in [7, 11) is 0. The van der Waals surface area contributed by atoms with Gasteiger partial charge < -0.3 is 19.9 Å². The van der Waals surface area contributed by atoms with E-state index in [-0.39, 0.29) is 18.5 Å². The zero-order valence-corrected chi connectivity index (χ0v) is 17.9. The van der Waals surface area contributed by atoms with Crippen molar-refractivity contribution in [3.05, 3.63) is 29.3 Å². The number of esters is 1. The van der Waals surface area contributed by atoms with E-state index in [1.54, 1.807) is 17.0 Å². The number of amides is 1. The molecule has 0 aromatic heterocycles. The number of ether oxygens (including phenoxy) is 1. The van der Waals surface area contributed by atoms with E-state index >= 15 is 0 Å². The number of hydrogen-bond donors (Lipinski definition) is 1. The van der Waals surface area contributed by atoms with Crippen molar-refractivity contribution in [2.24, 2.45) is 0 Å². The summed E-state index contributed by atoms with van der Waals surface area (Å²) in [6.45, 7) is 10.3. The number of piperazine rings is 1. The number of unbranched alkanes of at least 4 members (excludes halogenated alkanes) is 1. The fourth-order valence-corrected chi connectivity index (χ4v) is 4.75. The third kappa shape index (κ3) is 3.76. The molecule has 7 nitrogen and oxygen atoms in total. The van der Waals surface area contributed by atoms with E-state index in [4.69, 9.17) is 17.0 Å². The van der Waals surface area contributed by atoms with Crippen LogP contribution < -0.4 is 10.2 Å². The van der Waals surface area contributed by atoms with Crippen molar-refractivity contribution in [3.8, 4) is 0 Å². The van der Waals surface area contributed by atoms with Crippen LogP contribution in [0.2, 0.25) is 0 Å². The summed E-state index contributed by atoms with van der Waals surface area (Å²) < 4.78 is 5.08. The number of carbonyl (C=O) groups is 2. The molecular formula is C21H28N4O3S. The van der Waals surface area contributed by atoms with E-state index in [9.17, 15) is 9.59 Å². The SMILES string of the molecule is CC1(C)C(=O)N(c2ccc3c(c2)COC3=O)C(=S)N1CCCCN1CCNCC1. The highest BCUT2D eigenvalue weighted by Crippen LogP contribution is 2.34. The van der Waals surface area contributed by atoms with Gasteiger partial charge in [-0.2, -0.15) is 0 Å². The van der Waals surface area contributed by atoms with Crippen molar-refractivity contribution in [2.45, 2.75) is 38.8 Å². The summed E-state index contributed by atoms with van der Waals surface area (Å²) in [6.07, 6.45) is 2.07. The number of anilines is 1. The molecule has 1 aromatic rings. The lowest BCUT2D eigenvalue weighted by Crippen LogP contribution is -2.45. The molecule has 1 aromatic carbocycles.